The van der Waals surface area contributed by atoms with Crippen molar-refractivity contribution in [1.82, 2.24) is 30.6 Å². The summed E-state index contributed by atoms with van der Waals surface area (Å²) in [5, 5.41) is 30.1. The fraction of sp³-hybridized carbons (Fsp3) is 0.316. The number of carbonyl (C=O) groups is 4. The highest BCUT2D eigenvalue weighted by molar-refractivity contribution is 6.32. The van der Waals surface area contributed by atoms with E-state index in [4.69, 9.17) is 16.7 Å². The first-order chi connectivity index (χ1) is 25.2. The highest BCUT2D eigenvalue weighted by Gasteiger charge is 2.45. The summed E-state index contributed by atoms with van der Waals surface area (Å²) in [6.07, 6.45) is 0.200. The maximum Gasteiger partial charge on any atom is 0.264 e. The normalized spacial score (nSPS) is 15.4. The number of nitrogens with zero attached hydrogens (tertiary/aromatic N) is 4. The number of fused-ring (bicyclic) bond motifs is 1. The zero-order chi connectivity index (χ0) is 36.8. The van der Waals surface area contributed by atoms with Gasteiger partial charge in [-0.3, -0.25) is 34.1 Å². The van der Waals surface area contributed by atoms with Crippen LogP contribution >= 0.6 is 11.6 Å². The molecular formula is C38H40ClN9O4. The van der Waals surface area contributed by atoms with E-state index in [9.17, 15) is 24.4 Å². The molecule has 1 aromatic heterocycles. The van der Waals surface area contributed by atoms with E-state index in [2.05, 4.69) is 63.8 Å². The SMILES string of the molecule is Cc1c(-c2ccc(C#N)c(Cl)c2)nn(Cc2ccc(NCCNCCNCCNc3cccc4c3C(=O)N(C3CCC(=O)NC3=O)C4=O)cc2)c1C. The van der Waals surface area contributed by atoms with Crippen LogP contribution in [0.25, 0.3) is 11.3 Å². The molecule has 4 amide bonds. The van der Waals surface area contributed by atoms with Crippen LogP contribution in [0.2, 0.25) is 5.02 Å². The van der Waals surface area contributed by atoms with Crippen molar-refractivity contribution < 1.29 is 19.2 Å². The third-order valence-electron chi connectivity index (χ3n) is 9.35. The fourth-order valence-corrected chi connectivity index (χ4v) is 6.61. The van der Waals surface area contributed by atoms with Crippen LogP contribution in [0.1, 0.15) is 55.9 Å². The summed E-state index contributed by atoms with van der Waals surface area (Å²) in [5.41, 5.74) is 7.54. The molecule has 0 spiro atoms. The van der Waals surface area contributed by atoms with E-state index in [1.54, 1.807) is 30.3 Å². The Kier molecular flexibility index (Phi) is 11.3. The number of carbonyl (C=O) groups excluding carboxylic acids is 4. The second-order valence-corrected chi connectivity index (χ2v) is 13.2. The Morgan fingerprint density at radius 2 is 1.62 bits per heavy atom. The molecule has 1 atom stereocenters. The van der Waals surface area contributed by atoms with Gasteiger partial charge < -0.3 is 21.3 Å². The average molecular weight is 722 g/mol. The van der Waals surface area contributed by atoms with Gasteiger partial charge in [-0.1, -0.05) is 35.9 Å². The number of rotatable bonds is 15. The summed E-state index contributed by atoms with van der Waals surface area (Å²) in [6.45, 7) is 8.96. The van der Waals surface area contributed by atoms with Gasteiger partial charge in [-0.05, 0) is 67.8 Å². The third-order valence-corrected chi connectivity index (χ3v) is 9.66. The molecule has 0 saturated carbocycles. The van der Waals surface area contributed by atoms with Crippen LogP contribution in [0.5, 0.6) is 0 Å². The monoisotopic (exact) mass is 721 g/mol. The van der Waals surface area contributed by atoms with Crippen molar-refractivity contribution in [3.8, 4) is 17.3 Å². The molecule has 5 N–H and O–H groups in total. The lowest BCUT2D eigenvalue weighted by Gasteiger charge is -2.27. The van der Waals surface area contributed by atoms with Crippen molar-refractivity contribution in [3.05, 3.63) is 99.2 Å². The van der Waals surface area contributed by atoms with Gasteiger partial charge >= 0.3 is 0 Å². The van der Waals surface area contributed by atoms with E-state index in [1.165, 1.54) is 0 Å². The number of piperidine rings is 1. The Bertz CT molecular complexity index is 2050. The van der Waals surface area contributed by atoms with Crippen molar-refractivity contribution in [2.45, 2.75) is 39.3 Å². The summed E-state index contributed by atoms with van der Waals surface area (Å²) in [7, 11) is 0. The molecule has 0 aliphatic carbocycles. The first kappa shape index (κ1) is 36.2. The van der Waals surface area contributed by atoms with Crippen LogP contribution in [-0.2, 0) is 16.1 Å². The number of halogens is 1. The summed E-state index contributed by atoms with van der Waals surface area (Å²) in [6, 6.07) is 19.8. The molecule has 6 rings (SSSR count). The van der Waals surface area contributed by atoms with Crippen molar-refractivity contribution in [2.75, 3.05) is 49.9 Å². The molecule has 0 bridgehead atoms. The lowest BCUT2D eigenvalue weighted by molar-refractivity contribution is -0.136. The second-order valence-electron chi connectivity index (χ2n) is 12.7. The van der Waals surface area contributed by atoms with Gasteiger partial charge in [-0.25, -0.2) is 0 Å². The standard InChI is InChI=1S/C38H40ClN9O4/c1-23-24(2)47(46-35(23)26-8-9-27(21-40)30(39)20-26)22-25-6-10-28(11-7-25)43-18-16-41-14-15-42-17-19-44-31-5-3-4-29-34(31)38(52)48(37(29)51)32-12-13-33(49)45-36(32)50/h3-11,20,32,41-44H,12-19,22H2,1-2H3,(H,45,49,50). The van der Waals surface area contributed by atoms with Gasteiger partial charge in [0, 0.05) is 68.3 Å². The van der Waals surface area contributed by atoms with Gasteiger partial charge in [0.05, 0.1) is 34.0 Å². The predicted octanol–water partition coefficient (Wildman–Crippen LogP) is 3.84. The summed E-state index contributed by atoms with van der Waals surface area (Å²) >= 11 is 6.27. The predicted molar refractivity (Wildman–Crippen MR) is 198 cm³/mol. The number of anilines is 2. The van der Waals surface area contributed by atoms with Gasteiger partial charge in [0.25, 0.3) is 11.8 Å². The quantitative estimate of drug-likeness (QED) is 0.0897. The molecule has 1 saturated heterocycles. The Morgan fingerprint density at radius 1 is 0.904 bits per heavy atom. The molecule has 3 aromatic carbocycles. The summed E-state index contributed by atoms with van der Waals surface area (Å²) in [5.74, 6) is -2.08. The zero-order valence-corrected chi connectivity index (χ0v) is 29.8. The molecule has 2 aliphatic rings. The van der Waals surface area contributed by atoms with Crippen molar-refractivity contribution in [2.24, 2.45) is 0 Å². The molecule has 14 heteroatoms. The molecule has 1 unspecified atom stereocenters. The molecule has 4 aromatic rings. The number of aromatic nitrogens is 2. The first-order valence-electron chi connectivity index (χ1n) is 17.2. The Morgan fingerprint density at radius 3 is 2.31 bits per heavy atom. The maximum atomic E-state index is 13.2. The van der Waals surface area contributed by atoms with Crippen molar-refractivity contribution in [3.63, 3.8) is 0 Å². The number of benzene rings is 3. The second kappa shape index (κ2) is 16.2. The number of nitriles is 1. The minimum Gasteiger partial charge on any atom is -0.384 e. The molecule has 13 nitrogen and oxygen atoms in total. The van der Waals surface area contributed by atoms with Crippen LogP contribution in [0.15, 0.2) is 60.7 Å². The molecule has 52 heavy (non-hydrogen) atoms. The van der Waals surface area contributed by atoms with Gasteiger partial charge in [0.1, 0.15) is 12.1 Å². The lowest BCUT2D eigenvalue weighted by atomic mass is 10.0. The number of amides is 4. The zero-order valence-electron chi connectivity index (χ0n) is 29.0. The largest absolute Gasteiger partial charge is 0.384 e. The van der Waals surface area contributed by atoms with Gasteiger partial charge in [0.15, 0.2) is 0 Å². The minimum absolute atomic E-state index is 0.0795. The third kappa shape index (κ3) is 7.84. The minimum atomic E-state index is -0.992. The van der Waals surface area contributed by atoms with E-state index in [0.717, 1.165) is 64.8 Å². The highest BCUT2D eigenvalue weighted by atomic mass is 35.5. The van der Waals surface area contributed by atoms with E-state index >= 15 is 0 Å². The smallest absolute Gasteiger partial charge is 0.264 e. The van der Waals surface area contributed by atoms with Gasteiger partial charge in [-0.15, -0.1) is 0 Å². The van der Waals surface area contributed by atoms with E-state index in [1.807, 2.05) is 17.7 Å². The Labute approximate surface area is 306 Å². The molecule has 3 heterocycles. The van der Waals surface area contributed by atoms with Crippen LogP contribution in [-0.4, -0.2) is 83.6 Å². The lowest BCUT2D eigenvalue weighted by Crippen LogP contribution is -2.54. The summed E-state index contributed by atoms with van der Waals surface area (Å²) < 4.78 is 1.99. The number of hydrogen-bond acceptors (Lipinski definition) is 10. The van der Waals surface area contributed by atoms with Gasteiger partial charge in [-0.2, -0.15) is 10.4 Å². The molecule has 1 fully saturated rings. The van der Waals surface area contributed by atoms with Crippen LogP contribution in [0, 0.1) is 25.2 Å². The number of imide groups is 2. The number of nitrogens with one attached hydrogen (secondary N) is 5. The van der Waals surface area contributed by atoms with Crippen LogP contribution in [0.3, 0.4) is 0 Å². The average Bonchev–Trinajstić information content (AvgIpc) is 3.56. The van der Waals surface area contributed by atoms with Crippen LogP contribution < -0.4 is 26.6 Å². The Balaban J connectivity index is 0.877. The fourth-order valence-electron chi connectivity index (χ4n) is 6.39. The highest BCUT2D eigenvalue weighted by Crippen LogP contribution is 2.32. The Hall–Kier alpha value is -5.55. The van der Waals surface area contributed by atoms with Gasteiger partial charge in [0.2, 0.25) is 11.8 Å². The van der Waals surface area contributed by atoms with E-state index < -0.39 is 29.7 Å². The first-order valence-corrected chi connectivity index (χ1v) is 17.6. The molecule has 0 radical (unpaired) electrons. The topological polar surface area (TPSA) is 173 Å². The maximum absolute atomic E-state index is 13.2. The molecule has 268 valence electrons. The summed E-state index contributed by atoms with van der Waals surface area (Å²) in [4.78, 5) is 51.1. The number of hydrogen-bond donors (Lipinski definition) is 5. The van der Waals surface area contributed by atoms with E-state index in [-0.39, 0.29) is 24.0 Å². The molecular weight excluding hydrogens is 682 g/mol. The van der Waals surface area contributed by atoms with Crippen LogP contribution in [0.4, 0.5) is 11.4 Å². The molecule has 2 aliphatic heterocycles. The van der Waals surface area contributed by atoms with Crippen molar-refractivity contribution >= 4 is 46.6 Å². The van der Waals surface area contributed by atoms with Crippen molar-refractivity contribution in [1.29, 1.82) is 5.26 Å². The van der Waals surface area contributed by atoms with E-state index in [0.29, 0.717) is 35.9 Å².